The molecule has 11 nitrogen and oxygen atoms in total. The average Bonchev–Trinajstić information content (AvgIpc) is 3.50. The Morgan fingerprint density at radius 1 is 0.821 bits per heavy atom. The van der Waals surface area contributed by atoms with E-state index in [-0.39, 0.29) is 56.7 Å². The van der Waals surface area contributed by atoms with Crippen molar-refractivity contribution in [2.24, 2.45) is 11.0 Å². The molecule has 0 saturated heterocycles. The summed E-state index contributed by atoms with van der Waals surface area (Å²) in [6, 6.07) is 7.51. The number of halogens is 3. The highest BCUT2D eigenvalue weighted by Gasteiger charge is 2.31. The number of rotatable bonds is 25. The zero-order valence-electron chi connectivity index (χ0n) is 33.0. The van der Waals surface area contributed by atoms with Crippen molar-refractivity contribution in [2.75, 3.05) is 16.9 Å². The summed E-state index contributed by atoms with van der Waals surface area (Å²) in [4.78, 5) is 65.9. The number of anilines is 2. The Kier molecular flexibility index (Phi) is 20.7. The zero-order chi connectivity index (χ0) is 41.0. The van der Waals surface area contributed by atoms with E-state index >= 15 is 0 Å². The Balaban J connectivity index is 1.48. The molecule has 1 aliphatic rings. The Bertz CT molecular complexity index is 1650. The molecule has 0 bridgehead atoms. The van der Waals surface area contributed by atoms with Gasteiger partial charge in [-0.05, 0) is 36.8 Å². The van der Waals surface area contributed by atoms with E-state index in [4.69, 9.17) is 34.8 Å². The lowest BCUT2D eigenvalue weighted by Gasteiger charge is -2.25. The minimum absolute atomic E-state index is 0.0497. The molecule has 0 spiro atoms. The van der Waals surface area contributed by atoms with Crippen LogP contribution in [0.3, 0.4) is 0 Å². The van der Waals surface area contributed by atoms with E-state index in [9.17, 15) is 29.1 Å². The lowest BCUT2D eigenvalue weighted by Crippen LogP contribution is -2.44. The van der Waals surface area contributed by atoms with Crippen molar-refractivity contribution < 1.29 is 29.1 Å². The molecule has 4 amide bonds. The number of hydrogen-bond donors (Lipinski definition) is 3. The van der Waals surface area contributed by atoms with Crippen molar-refractivity contribution in [3.63, 3.8) is 0 Å². The summed E-state index contributed by atoms with van der Waals surface area (Å²) in [5, 5.41) is 21.1. The number of hydrazone groups is 1. The van der Waals surface area contributed by atoms with Crippen molar-refractivity contribution in [1.82, 2.24) is 10.2 Å². The number of carboxylic acids is 1. The van der Waals surface area contributed by atoms with Crippen LogP contribution in [0.5, 0.6) is 0 Å². The number of amides is 4. The first-order valence-electron chi connectivity index (χ1n) is 20.1. The van der Waals surface area contributed by atoms with Crippen LogP contribution in [0.1, 0.15) is 147 Å². The molecule has 14 heteroatoms. The molecule has 0 unspecified atom stereocenters. The maximum atomic E-state index is 13.4. The minimum atomic E-state index is -1.37. The summed E-state index contributed by atoms with van der Waals surface area (Å²) in [6.45, 7) is 5.91. The van der Waals surface area contributed by atoms with E-state index < -0.39 is 42.1 Å². The second-order valence-electron chi connectivity index (χ2n) is 14.8. The number of unbranched alkanes of at least 4 members (excludes halogenated alkanes) is 15. The van der Waals surface area contributed by atoms with Crippen LogP contribution in [-0.2, 0) is 19.2 Å². The van der Waals surface area contributed by atoms with Crippen LogP contribution in [0.4, 0.5) is 11.4 Å². The maximum Gasteiger partial charge on any atom is 0.326 e. The molecular weight excluding hydrogens is 777 g/mol. The Morgan fingerprint density at radius 2 is 1.36 bits per heavy atom. The van der Waals surface area contributed by atoms with Gasteiger partial charge in [-0.2, -0.15) is 10.1 Å². The van der Waals surface area contributed by atoms with E-state index in [0.29, 0.717) is 6.42 Å². The second kappa shape index (κ2) is 24.9. The van der Waals surface area contributed by atoms with Gasteiger partial charge in [0, 0.05) is 28.7 Å². The van der Waals surface area contributed by atoms with Gasteiger partial charge in [-0.25, -0.2) is 4.79 Å². The lowest BCUT2D eigenvalue weighted by molar-refractivity contribution is -0.149. The van der Waals surface area contributed by atoms with Crippen LogP contribution in [0, 0.1) is 5.92 Å². The highest BCUT2D eigenvalue weighted by molar-refractivity contribution is 6.42. The Morgan fingerprint density at radius 3 is 1.88 bits per heavy atom. The minimum Gasteiger partial charge on any atom is -0.480 e. The number of benzene rings is 2. The quantitative estimate of drug-likeness (QED) is 0.0843. The molecule has 1 atom stereocenters. The van der Waals surface area contributed by atoms with Gasteiger partial charge in [-0.15, -0.1) is 0 Å². The van der Waals surface area contributed by atoms with Gasteiger partial charge in [0.05, 0.1) is 22.9 Å². The van der Waals surface area contributed by atoms with Gasteiger partial charge >= 0.3 is 5.97 Å². The number of imide groups is 1. The molecule has 3 N–H and O–H groups in total. The van der Waals surface area contributed by atoms with Crippen LogP contribution >= 0.6 is 34.8 Å². The normalized spacial score (nSPS) is 13.2. The zero-order valence-corrected chi connectivity index (χ0v) is 35.3. The fraction of sp³-hybridized carbons (Fsp3) is 0.571. The number of carbonyl (C=O) groups excluding carboxylic acids is 4. The van der Waals surface area contributed by atoms with Crippen molar-refractivity contribution in [3.05, 3.63) is 57.0 Å². The van der Waals surface area contributed by atoms with Gasteiger partial charge in [0.1, 0.15) is 17.6 Å². The number of carbonyl (C=O) groups is 5. The third kappa shape index (κ3) is 15.7. The summed E-state index contributed by atoms with van der Waals surface area (Å²) in [7, 11) is 0. The molecular formula is C42H58Cl3N5O6. The molecule has 0 fully saturated rings. The maximum absolute atomic E-state index is 13.4. The van der Waals surface area contributed by atoms with Gasteiger partial charge in [0.15, 0.2) is 0 Å². The summed E-state index contributed by atoms with van der Waals surface area (Å²) >= 11 is 18.5. The van der Waals surface area contributed by atoms with Gasteiger partial charge in [0.25, 0.3) is 11.8 Å². The van der Waals surface area contributed by atoms with Gasteiger partial charge < -0.3 is 15.7 Å². The van der Waals surface area contributed by atoms with Crippen molar-refractivity contribution >= 4 is 81.6 Å². The number of amidine groups is 1. The van der Waals surface area contributed by atoms with Crippen LogP contribution in [-0.4, -0.2) is 58.0 Å². The van der Waals surface area contributed by atoms with Crippen LogP contribution < -0.4 is 15.6 Å². The van der Waals surface area contributed by atoms with Gasteiger partial charge in [-0.1, -0.05) is 158 Å². The van der Waals surface area contributed by atoms with Crippen LogP contribution in [0.25, 0.3) is 0 Å². The van der Waals surface area contributed by atoms with Gasteiger partial charge in [-0.3, -0.25) is 24.1 Å². The van der Waals surface area contributed by atoms with E-state index in [2.05, 4.69) is 22.7 Å². The summed E-state index contributed by atoms with van der Waals surface area (Å²) < 4.78 is 0. The average molecular weight is 835 g/mol. The molecule has 0 radical (unpaired) electrons. The number of nitrogens with zero attached hydrogens (tertiary/aromatic N) is 3. The van der Waals surface area contributed by atoms with Crippen molar-refractivity contribution in [2.45, 2.75) is 142 Å². The largest absolute Gasteiger partial charge is 0.480 e. The topological polar surface area (TPSA) is 148 Å². The Hall–Kier alpha value is -3.67. The third-order valence-electron chi connectivity index (χ3n) is 9.67. The lowest BCUT2D eigenvalue weighted by atomic mass is 10.0. The summed E-state index contributed by atoms with van der Waals surface area (Å²) in [5.41, 5.74) is 0.538. The Labute approximate surface area is 346 Å². The highest BCUT2D eigenvalue weighted by Crippen LogP contribution is 2.38. The molecule has 56 heavy (non-hydrogen) atoms. The fourth-order valence-electron chi connectivity index (χ4n) is 6.54. The fourth-order valence-corrected chi connectivity index (χ4v) is 7.51. The smallest absolute Gasteiger partial charge is 0.326 e. The summed E-state index contributed by atoms with van der Waals surface area (Å²) in [5.74, 6) is -3.67. The van der Waals surface area contributed by atoms with Gasteiger partial charge in [0.2, 0.25) is 11.8 Å². The molecule has 0 aromatic heterocycles. The van der Waals surface area contributed by atoms with Crippen molar-refractivity contribution in [1.29, 1.82) is 0 Å². The van der Waals surface area contributed by atoms with Crippen LogP contribution in [0.2, 0.25) is 15.1 Å². The first kappa shape index (κ1) is 46.7. The first-order valence-corrected chi connectivity index (χ1v) is 21.3. The molecule has 1 aliphatic heterocycles. The van der Waals surface area contributed by atoms with Crippen molar-refractivity contribution in [3.8, 4) is 0 Å². The molecule has 3 rings (SSSR count). The van der Waals surface area contributed by atoms with E-state index in [1.165, 1.54) is 106 Å². The predicted molar refractivity (Wildman–Crippen MR) is 226 cm³/mol. The number of nitrogens with one attached hydrogen (secondary N) is 2. The number of hydrogen-bond acceptors (Lipinski definition) is 7. The van der Waals surface area contributed by atoms with E-state index in [1.54, 1.807) is 26.0 Å². The molecule has 308 valence electrons. The third-order valence-corrected chi connectivity index (χ3v) is 10.5. The standard InChI is InChI=1S/C42H58Cl3N5O6/c1-4-5-6-7-8-9-10-11-12-13-14-15-16-17-18-19-23-49(41(54)29(2)3)37(51)27-35(42(55)56)46-32-22-20-21-30(24-32)40(53)47-36-28-38(52)50(48-36)39-33(44)25-31(43)26-34(39)45/h20-22,24-26,29,35,46H,4-19,23,27-28H2,1-3H3,(H,55,56)(H,47,48,53)/t35-/m0/s1. The second-order valence-corrected chi connectivity index (χ2v) is 16.0. The van der Waals surface area contributed by atoms with E-state index in [1.807, 2.05) is 0 Å². The molecule has 2 aromatic rings. The van der Waals surface area contributed by atoms with Crippen LogP contribution in [0.15, 0.2) is 41.5 Å². The molecule has 1 heterocycles. The first-order chi connectivity index (χ1) is 26.8. The monoisotopic (exact) mass is 833 g/mol. The molecule has 0 aliphatic carbocycles. The predicted octanol–water partition coefficient (Wildman–Crippen LogP) is 10.7. The molecule has 0 saturated carbocycles. The SMILES string of the molecule is CCCCCCCCCCCCCCCCCCN(C(=O)C[C@H](Nc1cccc(C(=O)NC2=NN(c3c(Cl)cc(Cl)cc3Cl)C(=O)C2)c1)C(=O)O)C(=O)C(C)C. The summed E-state index contributed by atoms with van der Waals surface area (Å²) in [6.07, 6.45) is 18.7. The highest BCUT2D eigenvalue weighted by atomic mass is 35.5. The number of carboxylic acid groups (broad SMARTS) is 1. The van der Waals surface area contributed by atoms with E-state index in [0.717, 1.165) is 24.3 Å². The molecule has 2 aromatic carbocycles. The number of aliphatic carboxylic acids is 1.